The van der Waals surface area contributed by atoms with E-state index in [-0.39, 0.29) is 25.4 Å². The number of nitrogens with two attached hydrogens (primary N) is 1. The molecule has 3 aromatic carbocycles. The highest BCUT2D eigenvalue weighted by atomic mass is 19.4. The lowest BCUT2D eigenvalue weighted by atomic mass is 9.94. The second-order valence-corrected chi connectivity index (χ2v) is 8.57. The van der Waals surface area contributed by atoms with Crippen LogP contribution in [0.2, 0.25) is 0 Å². The van der Waals surface area contributed by atoms with E-state index >= 15 is 0 Å². The summed E-state index contributed by atoms with van der Waals surface area (Å²) in [6.45, 7) is -0.0255. The van der Waals surface area contributed by atoms with Crippen LogP contribution in [0.3, 0.4) is 0 Å². The van der Waals surface area contributed by atoms with E-state index in [0.29, 0.717) is 5.56 Å². The van der Waals surface area contributed by atoms with Crippen molar-refractivity contribution in [2.24, 2.45) is 11.7 Å². The van der Waals surface area contributed by atoms with Gasteiger partial charge in [0.05, 0.1) is 5.56 Å². The van der Waals surface area contributed by atoms with E-state index in [0.717, 1.165) is 34.4 Å². The molecular formula is C27H24F3NO4. The SMILES string of the molecule is NC(CCc1ccc(C(F)(F)F)cc1)[C@@H](C(=O)O)C(=O)OCC1c2ccccc2-c2ccccc21. The molecule has 3 aromatic rings. The van der Waals surface area contributed by atoms with Gasteiger partial charge in [-0.2, -0.15) is 13.2 Å². The van der Waals surface area contributed by atoms with Gasteiger partial charge in [-0.05, 0) is 52.8 Å². The van der Waals surface area contributed by atoms with E-state index in [9.17, 15) is 27.9 Å². The third kappa shape index (κ3) is 5.22. The summed E-state index contributed by atoms with van der Waals surface area (Å²) >= 11 is 0. The van der Waals surface area contributed by atoms with Crippen LogP contribution in [-0.2, 0) is 26.9 Å². The van der Waals surface area contributed by atoms with Crippen LogP contribution in [0.4, 0.5) is 13.2 Å². The Morgan fingerprint density at radius 2 is 1.46 bits per heavy atom. The number of halogens is 3. The number of hydrogen-bond donors (Lipinski definition) is 2. The van der Waals surface area contributed by atoms with Gasteiger partial charge in [-0.25, -0.2) is 0 Å². The summed E-state index contributed by atoms with van der Waals surface area (Å²) < 4.78 is 43.7. The van der Waals surface area contributed by atoms with Crippen molar-refractivity contribution < 1.29 is 32.6 Å². The first-order valence-electron chi connectivity index (χ1n) is 11.2. The molecule has 0 saturated carbocycles. The number of carboxylic acids is 1. The van der Waals surface area contributed by atoms with Crippen LogP contribution in [0, 0.1) is 5.92 Å². The van der Waals surface area contributed by atoms with Crippen molar-refractivity contribution >= 4 is 11.9 Å². The van der Waals surface area contributed by atoms with Gasteiger partial charge in [0, 0.05) is 12.0 Å². The topological polar surface area (TPSA) is 89.6 Å². The number of carbonyl (C=O) groups excluding carboxylic acids is 1. The van der Waals surface area contributed by atoms with Crippen molar-refractivity contribution in [2.75, 3.05) is 6.61 Å². The molecule has 1 unspecified atom stereocenters. The van der Waals surface area contributed by atoms with E-state index < -0.39 is 35.6 Å². The predicted molar refractivity (Wildman–Crippen MR) is 124 cm³/mol. The van der Waals surface area contributed by atoms with E-state index in [2.05, 4.69) is 0 Å². The van der Waals surface area contributed by atoms with Gasteiger partial charge in [-0.15, -0.1) is 0 Å². The fourth-order valence-corrected chi connectivity index (χ4v) is 4.51. The van der Waals surface area contributed by atoms with Gasteiger partial charge in [0.1, 0.15) is 6.61 Å². The van der Waals surface area contributed by atoms with Crippen LogP contribution in [0.25, 0.3) is 11.1 Å². The van der Waals surface area contributed by atoms with Gasteiger partial charge >= 0.3 is 18.1 Å². The van der Waals surface area contributed by atoms with Crippen molar-refractivity contribution in [2.45, 2.75) is 31.0 Å². The molecule has 0 amide bonds. The Labute approximate surface area is 200 Å². The molecule has 0 fully saturated rings. The summed E-state index contributed by atoms with van der Waals surface area (Å²) in [6.07, 6.45) is -4.13. The number of ether oxygens (including phenoxy) is 1. The minimum Gasteiger partial charge on any atom is -0.481 e. The molecule has 0 saturated heterocycles. The van der Waals surface area contributed by atoms with Gasteiger partial charge < -0.3 is 15.6 Å². The van der Waals surface area contributed by atoms with E-state index in [1.807, 2.05) is 48.5 Å². The fraction of sp³-hybridized carbons (Fsp3) is 0.259. The third-order valence-corrected chi connectivity index (χ3v) is 6.35. The van der Waals surface area contributed by atoms with Crippen molar-refractivity contribution in [3.8, 4) is 11.1 Å². The molecule has 182 valence electrons. The molecule has 3 N–H and O–H groups in total. The summed E-state index contributed by atoms with van der Waals surface area (Å²) in [5.41, 5.74) is 9.93. The molecule has 1 aliphatic rings. The number of carboxylic acid groups (broad SMARTS) is 1. The quantitative estimate of drug-likeness (QED) is 0.347. The largest absolute Gasteiger partial charge is 0.481 e. The summed E-state index contributed by atoms with van der Waals surface area (Å²) in [7, 11) is 0. The second-order valence-electron chi connectivity index (χ2n) is 8.57. The monoisotopic (exact) mass is 483 g/mol. The Hall–Kier alpha value is -3.65. The number of aryl methyl sites for hydroxylation is 1. The summed E-state index contributed by atoms with van der Waals surface area (Å²) in [5, 5.41) is 9.64. The minimum atomic E-state index is -4.44. The van der Waals surface area contributed by atoms with E-state index in [1.54, 1.807) is 0 Å². The molecule has 35 heavy (non-hydrogen) atoms. The maximum absolute atomic E-state index is 12.8. The average Bonchev–Trinajstić information content (AvgIpc) is 3.15. The molecular weight excluding hydrogens is 459 g/mol. The van der Waals surface area contributed by atoms with Gasteiger partial charge in [-0.1, -0.05) is 60.7 Å². The molecule has 0 bridgehead atoms. The molecule has 0 heterocycles. The molecule has 8 heteroatoms. The number of benzene rings is 3. The van der Waals surface area contributed by atoms with Gasteiger partial charge in [-0.3, -0.25) is 9.59 Å². The first kappa shape index (κ1) is 24.5. The second kappa shape index (κ2) is 9.92. The molecule has 0 aliphatic heterocycles. The first-order valence-corrected chi connectivity index (χ1v) is 11.2. The maximum atomic E-state index is 12.8. The Bertz CT molecular complexity index is 1180. The maximum Gasteiger partial charge on any atom is 0.416 e. The summed E-state index contributed by atoms with van der Waals surface area (Å²) in [5.74, 6) is -4.14. The van der Waals surface area contributed by atoms with Crippen LogP contribution in [0.15, 0.2) is 72.8 Å². The number of esters is 1. The van der Waals surface area contributed by atoms with Crippen LogP contribution in [-0.4, -0.2) is 29.7 Å². The highest BCUT2D eigenvalue weighted by Crippen LogP contribution is 2.44. The van der Waals surface area contributed by atoms with Crippen molar-refractivity contribution in [1.82, 2.24) is 0 Å². The average molecular weight is 483 g/mol. The lowest BCUT2D eigenvalue weighted by Gasteiger charge is -2.21. The standard InChI is InChI=1S/C27H24F3NO4/c28-27(29,30)17-12-9-16(10-13-17)11-14-23(31)24(25(32)33)26(34)35-15-22-20-7-3-1-5-18(20)19-6-2-4-8-21(19)22/h1-10,12-13,22-24H,11,14-15,31H2,(H,32,33)/t23?,24-/m0/s1. The highest BCUT2D eigenvalue weighted by molar-refractivity contribution is 5.95. The van der Waals surface area contributed by atoms with E-state index in [4.69, 9.17) is 10.5 Å². The summed E-state index contributed by atoms with van der Waals surface area (Å²) in [4.78, 5) is 24.6. The number of carbonyl (C=O) groups is 2. The van der Waals surface area contributed by atoms with Crippen LogP contribution in [0.1, 0.15) is 34.6 Å². The lowest BCUT2D eigenvalue weighted by Crippen LogP contribution is -2.42. The Morgan fingerprint density at radius 3 is 1.97 bits per heavy atom. The van der Waals surface area contributed by atoms with Crippen molar-refractivity contribution in [1.29, 1.82) is 0 Å². The van der Waals surface area contributed by atoms with Crippen LogP contribution >= 0.6 is 0 Å². The molecule has 4 rings (SSSR count). The van der Waals surface area contributed by atoms with E-state index in [1.165, 1.54) is 12.1 Å². The third-order valence-electron chi connectivity index (χ3n) is 6.35. The molecule has 0 radical (unpaired) electrons. The Kier molecular flexibility index (Phi) is 6.93. The molecule has 1 aliphatic carbocycles. The van der Waals surface area contributed by atoms with Gasteiger partial charge in [0.25, 0.3) is 0 Å². The van der Waals surface area contributed by atoms with Gasteiger partial charge in [0.15, 0.2) is 5.92 Å². The number of fused-ring (bicyclic) bond motifs is 3. The zero-order valence-corrected chi connectivity index (χ0v) is 18.7. The number of hydrogen-bond acceptors (Lipinski definition) is 4. The molecule has 5 nitrogen and oxygen atoms in total. The number of rotatable bonds is 8. The van der Waals surface area contributed by atoms with Crippen molar-refractivity contribution in [3.05, 3.63) is 95.1 Å². The minimum absolute atomic E-state index is 0.0255. The zero-order valence-electron chi connectivity index (χ0n) is 18.7. The molecule has 2 atom stereocenters. The van der Waals surface area contributed by atoms with Gasteiger partial charge in [0.2, 0.25) is 0 Å². The highest BCUT2D eigenvalue weighted by Gasteiger charge is 2.36. The fourth-order valence-electron chi connectivity index (χ4n) is 4.51. The molecule has 0 spiro atoms. The summed E-state index contributed by atoms with van der Waals surface area (Å²) in [6, 6.07) is 19.1. The first-order chi connectivity index (χ1) is 16.7. The predicted octanol–water partition coefficient (Wildman–Crippen LogP) is 5.02. The molecule has 0 aromatic heterocycles. The van der Waals surface area contributed by atoms with Crippen molar-refractivity contribution in [3.63, 3.8) is 0 Å². The number of alkyl halides is 3. The smallest absolute Gasteiger partial charge is 0.416 e. The zero-order chi connectivity index (χ0) is 25.2. The van der Waals surface area contributed by atoms with Crippen LogP contribution < -0.4 is 5.73 Å². The number of aliphatic carboxylic acids is 1. The lowest BCUT2D eigenvalue weighted by molar-refractivity contribution is -0.160. The Balaban J connectivity index is 1.40. The Morgan fingerprint density at radius 1 is 0.914 bits per heavy atom. The normalized spacial score (nSPS) is 14.6. The van der Waals surface area contributed by atoms with Crippen LogP contribution in [0.5, 0.6) is 0 Å².